The summed E-state index contributed by atoms with van der Waals surface area (Å²) in [6, 6.07) is 0. The number of rotatable bonds is 19. The highest BCUT2D eigenvalue weighted by atomic mass is 16.5. The molecule has 0 aromatic heterocycles. The third-order valence-electron chi connectivity index (χ3n) is 5.55. The molecule has 0 aromatic carbocycles. The van der Waals surface area contributed by atoms with Gasteiger partial charge in [0.2, 0.25) is 0 Å². The molecule has 0 saturated carbocycles. The van der Waals surface area contributed by atoms with Crippen molar-refractivity contribution in [2.75, 3.05) is 7.11 Å². The lowest BCUT2D eigenvalue weighted by Crippen LogP contribution is -2.29. The summed E-state index contributed by atoms with van der Waals surface area (Å²) in [7, 11) is 1.35. The Morgan fingerprint density at radius 3 is 1.61 bits per heavy atom. The minimum absolute atomic E-state index is 0.364. The molecule has 0 bridgehead atoms. The summed E-state index contributed by atoms with van der Waals surface area (Å²) in [6.45, 7) is 7.41. The fourth-order valence-corrected chi connectivity index (χ4v) is 3.65. The second-order valence-corrected chi connectivity index (χ2v) is 7.91. The molecule has 0 amide bonds. The Bertz CT molecular complexity index is 405. The minimum Gasteiger partial charge on any atom is -0.469 e. The van der Waals surface area contributed by atoms with Crippen LogP contribution in [0.25, 0.3) is 0 Å². The fourth-order valence-electron chi connectivity index (χ4n) is 3.65. The summed E-state index contributed by atoms with van der Waals surface area (Å²) in [5, 5.41) is 0. The van der Waals surface area contributed by atoms with Crippen LogP contribution in [0.15, 0.2) is 12.8 Å². The van der Waals surface area contributed by atoms with Crippen LogP contribution in [0.5, 0.6) is 0 Å². The first kappa shape index (κ1) is 26.7. The normalized spacial score (nSPS) is 13.0. The van der Waals surface area contributed by atoms with Crippen LogP contribution >= 0.6 is 0 Å². The van der Waals surface area contributed by atoms with Crippen molar-refractivity contribution in [3.05, 3.63) is 12.8 Å². The van der Waals surface area contributed by atoms with E-state index in [1.54, 1.807) is 6.92 Å². The monoisotopic (exact) mass is 396 g/mol. The standard InChI is InChI=1S/C24H44O4/c1-5-7-8-9-10-11-12-13-14-15-16-17-18-19-20-22(24(26)28-6-2)21(3)23(25)27-4/h6,21-22H,2,5,7-20H2,1,3-4H3. The van der Waals surface area contributed by atoms with Gasteiger partial charge in [-0.25, -0.2) is 0 Å². The first-order chi connectivity index (χ1) is 13.6. The Kier molecular flexibility index (Phi) is 18.1. The van der Waals surface area contributed by atoms with E-state index in [2.05, 4.69) is 13.5 Å². The number of unbranched alkanes of at least 4 members (excludes halogenated alkanes) is 13. The highest BCUT2D eigenvalue weighted by Crippen LogP contribution is 2.23. The van der Waals surface area contributed by atoms with Crippen molar-refractivity contribution >= 4 is 11.9 Å². The number of hydrogen-bond donors (Lipinski definition) is 0. The van der Waals surface area contributed by atoms with Crippen LogP contribution in [0.1, 0.15) is 110 Å². The molecule has 28 heavy (non-hydrogen) atoms. The zero-order chi connectivity index (χ0) is 21.0. The van der Waals surface area contributed by atoms with E-state index in [0.717, 1.165) is 19.1 Å². The zero-order valence-electron chi connectivity index (χ0n) is 18.7. The van der Waals surface area contributed by atoms with Crippen LogP contribution < -0.4 is 0 Å². The van der Waals surface area contributed by atoms with Crippen LogP contribution in [0.3, 0.4) is 0 Å². The molecule has 0 saturated heterocycles. The number of hydrogen-bond acceptors (Lipinski definition) is 4. The maximum Gasteiger partial charge on any atom is 0.314 e. The summed E-state index contributed by atoms with van der Waals surface area (Å²) in [4.78, 5) is 23.8. The molecule has 0 aliphatic heterocycles. The highest BCUT2D eigenvalue weighted by Gasteiger charge is 2.31. The molecule has 4 nitrogen and oxygen atoms in total. The largest absolute Gasteiger partial charge is 0.469 e. The number of carbonyl (C=O) groups excluding carboxylic acids is 2. The van der Waals surface area contributed by atoms with Gasteiger partial charge in [0.15, 0.2) is 0 Å². The minimum atomic E-state index is -0.487. The number of esters is 2. The molecule has 0 fully saturated rings. The van der Waals surface area contributed by atoms with Crippen LogP contribution in [-0.4, -0.2) is 19.0 Å². The van der Waals surface area contributed by atoms with Crippen molar-refractivity contribution in [1.29, 1.82) is 0 Å². The van der Waals surface area contributed by atoms with Crippen molar-refractivity contribution in [3.8, 4) is 0 Å². The van der Waals surface area contributed by atoms with E-state index in [9.17, 15) is 9.59 Å². The topological polar surface area (TPSA) is 52.6 Å². The molecule has 0 radical (unpaired) electrons. The summed E-state index contributed by atoms with van der Waals surface area (Å²) < 4.78 is 9.68. The smallest absolute Gasteiger partial charge is 0.314 e. The van der Waals surface area contributed by atoms with Crippen molar-refractivity contribution < 1.29 is 19.1 Å². The third kappa shape index (κ3) is 13.8. The second-order valence-electron chi connectivity index (χ2n) is 7.91. The Morgan fingerprint density at radius 2 is 1.21 bits per heavy atom. The predicted molar refractivity (Wildman–Crippen MR) is 116 cm³/mol. The van der Waals surface area contributed by atoms with E-state index in [0.29, 0.717) is 6.42 Å². The Labute approximate surface area is 173 Å². The van der Waals surface area contributed by atoms with Crippen LogP contribution in [0.4, 0.5) is 0 Å². The lowest BCUT2D eigenvalue weighted by Gasteiger charge is -2.19. The lowest BCUT2D eigenvalue weighted by atomic mass is 9.88. The zero-order valence-corrected chi connectivity index (χ0v) is 18.7. The van der Waals surface area contributed by atoms with Gasteiger partial charge in [-0.2, -0.15) is 0 Å². The van der Waals surface area contributed by atoms with Gasteiger partial charge in [-0.05, 0) is 6.42 Å². The van der Waals surface area contributed by atoms with Gasteiger partial charge in [-0.3, -0.25) is 9.59 Å². The molecule has 0 heterocycles. The van der Waals surface area contributed by atoms with Crippen molar-refractivity contribution in [3.63, 3.8) is 0 Å². The average Bonchev–Trinajstić information content (AvgIpc) is 2.70. The van der Waals surface area contributed by atoms with Gasteiger partial charge < -0.3 is 9.47 Å². The molecular formula is C24H44O4. The number of ether oxygens (including phenoxy) is 2. The molecule has 0 aliphatic rings. The van der Waals surface area contributed by atoms with Crippen LogP contribution in [0, 0.1) is 11.8 Å². The lowest BCUT2D eigenvalue weighted by molar-refractivity contribution is -0.155. The molecule has 0 N–H and O–H groups in total. The SMILES string of the molecule is C=COC(=O)C(CCCCCCCCCCCCCCCC)C(C)C(=O)OC. The third-order valence-corrected chi connectivity index (χ3v) is 5.55. The van der Waals surface area contributed by atoms with Gasteiger partial charge in [0.25, 0.3) is 0 Å². The summed E-state index contributed by atoms with van der Waals surface area (Å²) >= 11 is 0. The van der Waals surface area contributed by atoms with Gasteiger partial charge >= 0.3 is 11.9 Å². The Hall–Kier alpha value is -1.32. The van der Waals surface area contributed by atoms with Crippen molar-refractivity contribution in [2.45, 2.75) is 110 Å². The molecule has 0 rings (SSSR count). The molecule has 2 atom stereocenters. The Balaban J connectivity index is 3.73. The number of methoxy groups -OCH3 is 1. The summed E-state index contributed by atoms with van der Waals surface area (Å²) in [5.41, 5.74) is 0. The van der Waals surface area contributed by atoms with E-state index >= 15 is 0 Å². The highest BCUT2D eigenvalue weighted by molar-refractivity contribution is 5.81. The molecule has 164 valence electrons. The van der Waals surface area contributed by atoms with Gasteiger partial charge in [-0.1, -0.05) is 110 Å². The predicted octanol–water partition coefficient (Wildman–Crippen LogP) is 6.97. The van der Waals surface area contributed by atoms with E-state index in [-0.39, 0.29) is 11.9 Å². The molecule has 0 aromatic rings. The van der Waals surface area contributed by atoms with E-state index in [1.165, 1.54) is 84.2 Å². The van der Waals surface area contributed by atoms with Crippen LogP contribution in [-0.2, 0) is 19.1 Å². The van der Waals surface area contributed by atoms with E-state index in [4.69, 9.17) is 9.47 Å². The molecule has 2 unspecified atom stereocenters. The van der Waals surface area contributed by atoms with Gasteiger partial charge in [0.05, 0.1) is 25.2 Å². The molecule has 4 heteroatoms. The second kappa shape index (κ2) is 19.0. The average molecular weight is 397 g/mol. The molecule has 0 spiro atoms. The first-order valence-electron chi connectivity index (χ1n) is 11.5. The Morgan fingerprint density at radius 1 is 0.786 bits per heavy atom. The first-order valence-corrected chi connectivity index (χ1v) is 11.5. The summed E-state index contributed by atoms with van der Waals surface area (Å²) in [6.07, 6.45) is 19.9. The van der Waals surface area contributed by atoms with Crippen molar-refractivity contribution in [2.24, 2.45) is 11.8 Å². The van der Waals surface area contributed by atoms with Gasteiger partial charge in [0.1, 0.15) is 0 Å². The van der Waals surface area contributed by atoms with E-state index < -0.39 is 11.8 Å². The summed E-state index contributed by atoms with van der Waals surface area (Å²) in [5.74, 6) is -1.69. The maximum absolute atomic E-state index is 12.1. The number of carbonyl (C=O) groups is 2. The van der Waals surface area contributed by atoms with Crippen molar-refractivity contribution in [1.82, 2.24) is 0 Å². The molecule has 0 aliphatic carbocycles. The maximum atomic E-state index is 12.1. The van der Waals surface area contributed by atoms with Gasteiger partial charge in [0, 0.05) is 0 Å². The quantitative estimate of drug-likeness (QED) is 0.134. The van der Waals surface area contributed by atoms with E-state index in [1.807, 2.05) is 0 Å². The fraction of sp³-hybridized carbons (Fsp3) is 0.833. The van der Waals surface area contributed by atoms with Crippen LogP contribution in [0.2, 0.25) is 0 Å². The molecular weight excluding hydrogens is 352 g/mol. The van der Waals surface area contributed by atoms with Gasteiger partial charge in [-0.15, -0.1) is 0 Å².